The van der Waals surface area contributed by atoms with Gasteiger partial charge in [-0.3, -0.25) is 10.3 Å². The second kappa shape index (κ2) is 11.1. The van der Waals surface area contributed by atoms with Crippen molar-refractivity contribution < 1.29 is 4.84 Å². The van der Waals surface area contributed by atoms with Gasteiger partial charge >= 0.3 is 0 Å². The monoisotopic (exact) mass is 249 g/mol. The second-order valence-electron chi connectivity index (χ2n) is 4.79. The lowest BCUT2D eigenvalue weighted by Crippen LogP contribution is -2.02. The third-order valence-electron chi connectivity index (χ3n) is 3.06. The number of benzene rings is 1. The van der Waals surface area contributed by atoms with Crippen molar-refractivity contribution in [3.05, 3.63) is 30.3 Å². The molecule has 0 aliphatic carbocycles. The zero-order valence-electron chi connectivity index (χ0n) is 11.7. The lowest BCUT2D eigenvalue weighted by Gasteiger charge is -2.06. The summed E-state index contributed by atoms with van der Waals surface area (Å²) in [4.78, 5) is 5.41. The van der Waals surface area contributed by atoms with Gasteiger partial charge in [0.1, 0.15) is 0 Å². The van der Waals surface area contributed by atoms with Gasteiger partial charge in [0.05, 0.1) is 12.3 Å². The van der Waals surface area contributed by atoms with Crippen molar-refractivity contribution in [2.75, 3.05) is 12.1 Å². The highest BCUT2D eigenvalue weighted by molar-refractivity contribution is 5.39. The summed E-state index contributed by atoms with van der Waals surface area (Å²) < 4.78 is 0. The van der Waals surface area contributed by atoms with E-state index in [2.05, 4.69) is 12.4 Å². The van der Waals surface area contributed by atoms with E-state index in [-0.39, 0.29) is 0 Å². The summed E-state index contributed by atoms with van der Waals surface area (Å²) in [5.74, 6) is 0. The SMILES string of the molecule is CCCCCCCCCCONc1ccccc1. The number of unbranched alkanes of at least 4 members (excludes halogenated alkanes) is 7. The van der Waals surface area contributed by atoms with Crippen molar-refractivity contribution in [1.82, 2.24) is 0 Å². The molecule has 0 aromatic heterocycles. The average molecular weight is 249 g/mol. The molecule has 1 N–H and O–H groups in total. The van der Waals surface area contributed by atoms with Gasteiger partial charge in [0.15, 0.2) is 0 Å². The molecule has 0 fully saturated rings. The van der Waals surface area contributed by atoms with Gasteiger partial charge in [-0.2, -0.15) is 0 Å². The Hall–Kier alpha value is -1.02. The van der Waals surface area contributed by atoms with Crippen LogP contribution in [0.2, 0.25) is 0 Å². The molecule has 102 valence electrons. The van der Waals surface area contributed by atoms with E-state index in [0.29, 0.717) is 0 Å². The maximum atomic E-state index is 5.41. The van der Waals surface area contributed by atoms with Crippen LogP contribution in [-0.4, -0.2) is 6.61 Å². The largest absolute Gasteiger partial charge is 0.276 e. The Balaban J connectivity index is 1.82. The zero-order valence-corrected chi connectivity index (χ0v) is 11.7. The quantitative estimate of drug-likeness (QED) is 0.431. The number of hydrogen-bond acceptors (Lipinski definition) is 2. The molecule has 0 amide bonds. The Morgan fingerprint density at radius 2 is 1.44 bits per heavy atom. The van der Waals surface area contributed by atoms with Gasteiger partial charge in [-0.25, -0.2) is 0 Å². The summed E-state index contributed by atoms with van der Waals surface area (Å²) in [6.07, 6.45) is 10.7. The van der Waals surface area contributed by atoms with Crippen molar-refractivity contribution in [3.8, 4) is 0 Å². The van der Waals surface area contributed by atoms with Crippen LogP contribution >= 0.6 is 0 Å². The normalized spacial score (nSPS) is 10.5. The summed E-state index contributed by atoms with van der Waals surface area (Å²) in [6, 6.07) is 10.0. The summed E-state index contributed by atoms with van der Waals surface area (Å²) >= 11 is 0. The number of para-hydroxylation sites is 1. The Bertz CT molecular complexity index is 274. The van der Waals surface area contributed by atoms with Crippen LogP contribution in [0.25, 0.3) is 0 Å². The first kappa shape index (κ1) is 15.0. The highest BCUT2D eigenvalue weighted by atomic mass is 16.6. The molecule has 0 atom stereocenters. The third-order valence-corrected chi connectivity index (χ3v) is 3.06. The van der Waals surface area contributed by atoms with Crippen molar-refractivity contribution in [1.29, 1.82) is 0 Å². The van der Waals surface area contributed by atoms with Crippen molar-refractivity contribution in [3.63, 3.8) is 0 Å². The molecule has 1 aromatic carbocycles. The molecule has 0 bridgehead atoms. The van der Waals surface area contributed by atoms with Gasteiger partial charge in [0.25, 0.3) is 0 Å². The maximum Gasteiger partial charge on any atom is 0.0746 e. The molecule has 0 aliphatic heterocycles. The van der Waals surface area contributed by atoms with E-state index in [1.807, 2.05) is 30.3 Å². The topological polar surface area (TPSA) is 21.3 Å². The van der Waals surface area contributed by atoms with Gasteiger partial charge in [0.2, 0.25) is 0 Å². The summed E-state index contributed by atoms with van der Waals surface area (Å²) in [6.45, 7) is 3.06. The molecule has 1 rings (SSSR count). The van der Waals surface area contributed by atoms with Gasteiger partial charge in [0, 0.05) is 0 Å². The minimum absolute atomic E-state index is 0.795. The first-order chi connectivity index (χ1) is 8.93. The van der Waals surface area contributed by atoms with Crippen LogP contribution in [0.3, 0.4) is 0 Å². The first-order valence-electron chi connectivity index (χ1n) is 7.36. The Labute approximate surface area is 112 Å². The smallest absolute Gasteiger partial charge is 0.0746 e. The van der Waals surface area contributed by atoms with Crippen molar-refractivity contribution >= 4 is 5.69 Å². The third kappa shape index (κ3) is 8.13. The van der Waals surface area contributed by atoms with Gasteiger partial charge < -0.3 is 0 Å². The predicted octanol–water partition coefficient (Wildman–Crippen LogP) is 5.17. The molecule has 0 heterocycles. The van der Waals surface area contributed by atoms with Crippen LogP contribution in [0.5, 0.6) is 0 Å². The first-order valence-corrected chi connectivity index (χ1v) is 7.36. The van der Waals surface area contributed by atoms with E-state index in [4.69, 9.17) is 4.84 Å². The van der Waals surface area contributed by atoms with Gasteiger partial charge in [-0.15, -0.1) is 0 Å². The molecule has 0 spiro atoms. The highest BCUT2D eigenvalue weighted by Gasteiger charge is 1.93. The Kier molecular flexibility index (Phi) is 9.27. The summed E-state index contributed by atoms with van der Waals surface area (Å²) in [5, 5.41) is 0. The molecular weight excluding hydrogens is 222 g/mol. The van der Waals surface area contributed by atoms with Crippen LogP contribution < -0.4 is 5.48 Å². The molecule has 2 heteroatoms. The molecule has 0 radical (unpaired) electrons. The molecule has 18 heavy (non-hydrogen) atoms. The minimum Gasteiger partial charge on any atom is -0.276 e. The molecule has 1 aromatic rings. The lowest BCUT2D eigenvalue weighted by molar-refractivity contribution is 0.187. The fraction of sp³-hybridized carbons (Fsp3) is 0.625. The van der Waals surface area contributed by atoms with E-state index in [1.165, 1.54) is 44.9 Å². The number of rotatable bonds is 11. The molecular formula is C16H27NO. The lowest BCUT2D eigenvalue weighted by atomic mass is 10.1. The maximum absolute atomic E-state index is 5.41. The van der Waals surface area contributed by atoms with Crippen LogP contribution in [-0.2, 0) is 4.84 Å². The van der Waals surface area contributed by atoms with E-state index < -0.39 is 0 Å². The molecule has 2 nitrogen and oxygen atoms in total. The van der Waals surface area contributed by atoms with E-state index in [9.17, 15) is 0 Å². The van der Waals surface area contributed by atoms with E-state index in [0.717, 1.165) is 18.7 Å². The van der Waals surface area contributed by atoms with Crippen LogP contribution in [0.1, 0.15) is 58.3 Å². The number of hydrogen-bond donors (Lipinski definition) is 1. The average Bonchev–Trinajstić information content (AvgIpc) is 2.42. The number of nitrogens with one attached hydrogen (secondary N) is 1. The minimum atomic E-state index is 0.795. The van der Waals surface area contributed by atoms with Gasteiger partial charge in [-0.1, -0.05) is 70.1 Å². The highest BCUT2D eigenvalue weighted by Crippen LogP contribution is 2.09. The summed E-state index contributed by atoms with van der Waals surface area (Å²) in [7, 11) is 0. The van der Waals surface area contributed by atoms with Crippen molar-refractivity contribution in [2.45, 2.75) is 58.3 Å². The van der Waals surface area contributed by atoms with Crippen LogP contribution in [0, 0.1) is 0 Å². The predicted molar refractivity (Wildman–Crippen MR) is 78.6 cm³/mol. The number of anilines is 1. The standard InChI is InChI=1S/C16H27NO/c1-2-3-4-5-6-7-8-12-15-18-17-16-13-10-9-11-14-16/h9-11,13-14,17H,2-8,12,15H2,1H3. The van der Waals surface area contributed by atoms with Gasteiger partial charge in [-0.05, 0) is 18.6 Å². The molecule has 0 aliphatic rings. The van der Waals surface area contributed by atoms with Crippen LogP contribution in [0.15, 0.2) is 30.3 Å². The molecule has 0 saturated heterocycles. The Morgan fingerprint density at radius 3 is 2.11 bits per heavy atom. The summed E-state index contributed by atoms with van der Waals surface area (Å²) in [5.41, 5.74) is 3.99. The molecule has 0 unspecified atom stereocenters. The fourth-order valence-electron chi connectivity index (χ4n) is 1.95. The van der Waals surface area contributed by atoms with E-state index in [1.54, 1.807) is 0 Å². The zero-order chi connectivity index (χ0) is 12.9. The fourth-order valence-corrected chi connectivity index (χ4v) is 1.95. The Morgan fingerprint density at radius 1 is 0.833 bits per heavy atom. The second-order valence-corrected chi connectivity index (χ2v) is 4.79. The molecule has 0 saturated carbocycles. The van der Waals surface area contributed by atoms with Crippen molar-refractivity contribution in [2.24, 2.45) is 0 Å². The van der Waals surface area contributed by atoms with Crippen LogP contribution in [0.4, 0.5) is 5.69 Å². The van der Waals surface area contributed by atoms with E-state index >= 15 is 0 Å².